The average Bonchev–Trinajstić information content (AvgIpc) is 3.21. The van der Waals surface area contributed by atoms with Crippen LogP contribution in [-0.4, -0.2) is 16.7 Å². The lowest BCUT2D eigenvalue weighted by molar-refractivity contribution is -0.224. The van der Waals surface area contributed by atoms with Crippen molar-refractivity contribution in [2.75, 3.05) is 0 Å². The number of rotatable bonds is 3. The van der Waals surface area contributed by atoms with Crippen molar-refractivity contribution in [1.29, 1.82) is 0 Å². The molecule has 112 valence electrons. The summed E-state index contributed by atoms with van der Waals surface area (Å²) in [5, 5.41) is 0.450. The van der Waals surface area contributed by atoms with Crippen LogP contribution in [0.2, 0.25) is 0 Å². The van der Waals surface area contributed by atoms with Gasteiger partial charge in [0.25, 0.3) is 0 Å². The topological polar surface area (TPSA) is 31.2 Å². The Balaban J connectivity index is 2.03. The molecule has 0 saturated heterocycles. The summed E-state index contributed by atoms with van der Waals surface area (Å²) in [6, 6.07) is 6.76. The lowest BCUT2D eigenvalue weighted by atomic mass is 10.1. The van der Waals surface area contributed by atoms with Crippen molar-refractivity contribution >= 4 is 16.9 Å². The zero-order valence-electron chi connectivity index (χ0n) is 11.4. The predicted molar refractivity (Wildman–Crippen MR) is 70.5 cm³/mol. The number of hydrogen-bond acceptors (Lipinski definition) is 2. The molecule has 0 radical (unpaired) electrons. The quantitative estimate of drug-likeness (QED) is 0.808. The normalized spacial score (nSPS) is 17.0. The highest BCUT2D eigenvalue weighted by atomic mass is 19.4. The smallest absolute Gasteiger partial charge is 0.429 e. The van der Waals surface area contributed by atoms with Gasteiger partial charge in [0.15, 0.2) is 0 Å². The highest BCUT2D eigenvalue weighted by Gasteiger charge is 2.47. The van der Waals surface area contributed by atoms with E-state index in [-0.39, 0.29) is 11.5 Å². The molecule has 1 saturated carbocycles. The second-order valence-corrected chi connectivity index (χ2v) is 5.35. The molecule has 1 fully saturated rings. The van der Waals surface area contributed by atoms with Gasteiger partial charge in [-0.15, -0.1) is 0 Å². The zero-order chi connectivity index (χ0) is 15.2. The first-order valence-corrected chi connectivity index (χ1v) is 6.69. The third kappa shape index (κ3) is 2.62. The number of halogens is 3. The summed E-state index contributed by atoms with van der Waals surface area (Å²) in [7, 11) is 1.67. The molecule has 3 rings (SSSR count). The highest BCUT2D eigenvalue weighted by molar-refractivity contribution is 5.85. The first-order chi connectivity index (χ1) is 9.88. The molecular formula is C15H14F3NO2. The van der Waals surface area contributed by atoms with Crippen LogP contribution < -0.4 is 0 Å². The Bertz CT molecular complexity index is 686. The van der Waals surface area contributed by atoms with Gasteiger partial charge in [0.05, 0.1) is 5.92 Å². The van der Waals surface area contributed by atoms with Crippen molar-refractivity contribution in [1.82, 2.24) is 4.57 Å². The van der Waals surface area contributed by atoms with E-state index >= 15 is 0 Å². The Morgan fingerprint density at radius 2 is 2.00 bits per heavy atom. The van der Waals surface area contributed by atoms with E-state index < -0.39 is 18.2 Å². The number of aromatic nitrogens is 1. The van der Waals surface area contributed by atoms with Crippen LogP contribution in [0, 0.1) is 5.92 Å². The fourth-order valence-corrected chi connectivity index (χ4v) is 2.42. The van der Waals surface area contributed by atoms with Gasteiger partial charge in [0, 0.05) is 29.7 Å². The summed E-state index contributed by atoms with van der Waals surface area (Å²) in [6.07, 6.45) is -4.24. The predicted octanol–water partition coefficient (Wildman–Crippen LogP) is 3.73. The maximum Gasteiger partial charge on any atom is 0.429 e. The van der Waals surface area contributed by atoms with Crippen molar-refractivity contribution in [3.05, 3.63) is 36.0 Å². The number of nitrogens with zero attached hydrogens (tertiary/aromatic N) is 1. The molecule has 2 aromatic rings. The van der Waals surface area contributed by atoms with Gasteiger partial charge in [-0.3, -0.25) is 4.79 Å². The van der Waals surface area contributed by atoms with Crippen molar-refractivity contribution in [3.63, 3.8) is 0 Å². The van der Waals surface area contributed by atoms with Gasteiger partial charge in [0.1, 0.15) is 0 Å². The molecular weight excluding hydrogens is 283 g/mol. The standard InChI is InChI=1S/C15H14F3NO2/c1-19-8-11(10-4-2-3-5-12(10)19)13(15(16,17)18)21-14(20)9-6-7-9/h2-5,8-9,13H,6-7H2,1H3. The van der Waals surface area contributed by atoms with E-state index in [9.17, 15) is 18.0 Å². The van der Waals surface area contributed by atoms with Crippen molar-refractivity contribution in [2.45, 2.75) is 25.1 Å². The number of esters is 1. The molecule has 0 bridgehead atoms. The molecule has 1 aromatic carbocycles. The number of carbonyl (C=O) groups excluding carboxylic acids is 1. The molecule has 0 spiro atoms. The van der Waals surface area contributed by atoms with Crippen LogP contribution in [-0.2, 0) is 16.6 Å². The van der Waals surface area contributed by atoms with E-state index in [1.165, 1.54) is 6.20 Å². The van der Waals surface area contributed by atoms with Gasteiger partial charge in [0.2, 0.25) is 6.10 Å². The first kappa shape index (κ1) is 14.0. The fourth-order valence-electron chi connectivity index (χ4n) is 2.42. The first-order valence-electron chi connectivity index (χ1n) is 6.69. The van der Waals surface area contributed by atoms with Crippen LogP contribution in [0.1, 0.15) is 24.5 Å². The van der Waals surface area contributed by atoms with Crippen molar-refractivity contribution in [3.8, 4) is 0 Å². The van der Waals surface area contributed by atoms with Gasteiger partial charge in [-0.25, -0.2) is 0 Å². The molecule has 6 heteroatoms. The number of fused-ring (bicyclic) bond motifs is 1. The lowest BCUT2D eigenvalue weighted by Gasteiger charge is -2.20. The Hall–Kier alpha value is -1.98. The van der Waals surface area contributed by atoms with Gasteiger partial charge in [-0.2, -0.15) is 13.2 Å². The summed E-state index contributed by atoms with van der Waals surface area (Å²) in [5.74, 6) is -1.13. The molecule has 21 heavy (non-hydrogen) atoms. The molecule has 1 unspecified atom stereocenters. The third-order valence-electron chi connectivity index (χ3n) is 3.65. The highest BCUT2D eigenvalue weighted by Crippen LogP contribution is 2.42. The molecule has 3 nitrogen and oxygen atoms in total. The molecule has 0 N–H and O–H groups in total. The number of alkyl halides is 3. The summed E-state index contributed by atoms with van der Waals surface area (Å²) < 4.78 is 46.3. The van der Waals surface area contributed by atoms with Crippen LogP contribution in [0.5, 0.6) is 0 Å². The summed E-state index contributed by atoms with van der Waals surface area (Å²) in [5.41, 5.74) is 0.652. The Morgan fingerprint density at radius 3 is 2.62 bits per heavy atom. The van der Waals surface area contributed by atoms with Crippen LogP contribution in [0.3, 0.4) is 0 Å². The molecule has 1 aromatic heterocycles. The average molecular weight is 297 g/mol. The molecule has 0 aliphatic heterocycles. The van der Waals surface area contributed by atoms with E-state index in [0.717, 1.165) is 0 Å². The van der Waals surface area contributed by atoms with E-state index in [4.69, 9.17) is 4.74 Å². The van der Waals surface area contributed by atoms with Gasteiger partial charge < -0.3 is 9.30 Å². The minimum absolute atomic E-state index is 0.0189. The Kier molecular flexibility index (Phi) is 3.19. The van der Waals surface area contributed by atoms with Crippen LogP contribution in [0.15, 0.2) is 30.5 Å². The van der Waals surface area contributed by atoms with E-state index in [0.29, 0.717) is 23.7 Å². The van der Waals surface area contributed by atoms with Gasteiger partial charge in [-0.1, -0.05) is 18.2 Å². The van der Waals surface area contributed by atoms with Crippen LogP contribution in [0.25, 0.3) is 10.9 Å². The number of carbonyl (C=O) groups is 1. The molecule has 1 aliphatic carbocycles. The minimum atomic E-state index is -4.63. The third-order valence-corrected chi connectivity index (χ3v) is 3.65. The van der Waals surface area contributed by atoms with Crippen molar-refractivity contribution < 1.29 is 22.7 Å². The Morgan fingerprint density at radius 1 is 1.33 bits per heavy atom. The Labute approximate surface area is 119 Å². The van der Waals surface area contributed by atoms with Gasteiger partial charge in [-0.05, 0) is 18.9 Å². The second kappa shape index (κ2) is 4.79. The number of benzene rings is 1. The second-order valence-electron chi connectivity index (χ2n) is 5.35. The number of aryl methyl sites for hydroxylation is 1. The van der Waals surface area contributed by atoms with Crippen LogP contribution >= 0.6 is 0 Å². The molecule has 1 aliphatic rings. The maximum atomic E-state index is 13.3. The number of hydrogen-bond donors (Lipinski definition) is 0. The zero-order valence-corrected chi connectivity index (χ0v) is 11.4. The van der Waals surface area contributed by atoms with Crippen LogP contribution in [0.4, 0.5) is 13.2 Å². The lowest BCUT2D eigenvalue weighted by Crippen LogP contribution is -2.26. The van der Waals surface area contributed by atoms with E-state index in [1.807, 2.05) is 0 Å². The molecule has 1 heterocycles. The largest absolute Gasteiger partial charge is 0.447 e. The summed E-state index contributed by atoms with van der Waals surface area (Å²) in [6.45, 7) is 0. The van der Waals surface area contributed by atoms with E-state index in [2.05, 4.69) is 0 Å². The van der Waals surface area contributed by atoms with Gasteiger partial charge >= 0.3 is 12.1 Å². The monoisotopic (exact) mass is 297 g/mol. The maximum absolute atomic E-state index is 13.3. The van der Waals surface area contributed by atoms with Crippen molar-refractivity contribution in [2.24, 2.45) is 13.0 Å². The van der Waals surface area contributed by atoms with E-state index in [1.54, 1.807) is 35.9 Å². The SMILES string of the molecule is Cn1cc(C(OC(=O)C2CC2)C(F)(F)F)c2ccccc21. The number of ether oxygens (including phenoxy) is 1. The molecule has 1 atom stereocenters. The minimum Gasteiger partial charge on any atom is -0.447 e. The fraction of sp³-hybridized carbons (Fsp3) is 0.400. The summed E-state index contributed by atoms with van der Waals surface area (Å²) in [4.78, 5) is 11.6. The number of para-hydroxylation sites is 1. The summed E-state index contributed by atoms with van der Waals surface area (Å²) >= 11 is 0. The molecule has 0 amide bonds.